The van der Waals surface area contributed by atoms with E-state index < -0.39 is 12.0 Å². The van der Waals surface area contributed by atoms with Crippen molar-refractivity contribution >= 4 is 22.8 Å². The predicted octanol–water partition coefficient (Wildman–Crippen LogP) is 3.60. The van der Waals surface area contributed by atoms with E-state index in [0.29, 0.717) is 25.3 Å². The Morgan fingerprint density at radius 1 is 1.27 bits per heavy atom. The number of aliphatic carboxylic acids is 1. The van der Waals surface area contributed by atoms with Crippen LogP contribution < -0.4 is 10.1 Å². The molecule has 1 unspecified atom stereocenters. The van der Waals surface area contributed by atoms with Gasteiger partial charge in [0.15, 0.2) is 0 Å². The standard InChI is InChI=1S/C20H28N2O4/c1-6-22-17-9-8-14(26-7-2)11-15(17)13(5)18(22)19(23)21-16(20(24)25)10-12(3)4/h8-9,11-12,16H,6-7,10H2,1-5H3,(H,21,23)(H,24,25). The van der Waals surface area contributed by atoms with Gasteiger partial charge in [0.05, 0.1) is 6.61 Å². The Kier molecular flexibility index (Phi) is 6.29. The zero-order valence-corrected chi connectivity index (χ0v) is 16.1. The molecule has 1 aromatic heterocycles. The average molecular weight is 360 g/mol. The number of rotatable bonds is 8. The first-order chi connectivity index (χ1) is 12.3. The number of amides is 1. The van der Waals surface area contributed by atoms with E-state index in [2.05, 4.69) is 5.32 Å². The summed E-state index contributed by atoms with van der Waals surface area (Å²) in [5, 5.41) is 13.0. The highest BCUT2D eigenvalue weighted by atomic mass is 16.5. The van der Waals surface area contributed by atoms with Crippen molar-refractivity contribution in [1.29, 1.82) is 0 Å². The van der Waals surface area contributed by atoms with E-state index in [1.54, 1.807) is 0 Å². The molecular weight excluding hydrogens is 332 g/mol. The zero-order valence-electron chi connectivity index (χ0n) is 16.1. The fraction of sp³-hybridized carbons (Fsp3) is 0.500. The molecule has 0 radical (unpaired) electrons. The molecule has 2 N–H and O–H groups in total. The topological polar surface area (TPSA) is 80.6 Å². The molecule has 1 amide bonds. The van der Waals surface area contributed by atoms with E-state index in [-0.39, 0.29) is 11.8 Å². The van der Waals surface area contributed by atoms with Gasteiger partial charge in [0.2, 0.25) is 0 Å². The van der Waals surface area contributed by atoms with Gasteiger partial charge in [-0.25, -0.2) is 4.79 Å². The van der Waals surface area contributed by atoms with Gasteiger partial charge >= 0.3 is 5.97 Å². The molecule has 142 valence electrons. The summed E-state index contributed by atoms with van der Waals surface area (Å²) in [6, 6.07) is 4.86. The lowest BCUT2D eigenvalue weighted by Crippen LogP contribution is -2.42. The molecule has 1 atom stereocenters. The number of aromatic nitrogens is 1. The van der Waals surface area contributed by atoms with E-state index >= 15 is 0 Å². The lowest BCUT2D eigenvalue weighted by molar-refractivity contribution is -0.139. The first-order valence-electron chi connectivity index (χ1n) is 9.09. The second-order valence-electron chi connectivity index (χ2n) is 6.82. The lowest BCUT2D eigenvalue weighted by atomic mass is 10.0. The second kappa shape index (κ2) is 8.25. The molecule has 0 aliphatic carbocycles. The Hall–Kier alpha value is -2.50. The molecule has 1 aromatic carbocycles. The van der Waals surface area contributed by atoms with Crippen molar-refractivity contribution in [3.8, 4) is 5.75 Å². The first kappa shape index (κ1) is 19.8. The SMILES string of the molecule is CCOc1ccc2c(c1)c(C)c(C(=O)NC(CC(C)C)C(=O)O)n2CC. The molecular formula is C20H28N2O4. The quantitative estimate of drug-likeness (QED) is 0.754. The van der Waals surface area contributed by atoms with Crippen LogP contribution in [0.3, 0.4) is 0 Å². The summed E-state index contributed by atoms with van der Waals surface area (Å²) in [5.74, 6) is -0.441. The smallest absolute Gasteiger partial charge is 0.326 e. The molecule has 0 spiro atoms. The van der Waals surface area contributed by atoms with Crippen LogP contribution in [0.15, 0.2) is 18.2 Å². The van der Waals surface area contributed by atoms with Crippen LogP contribution in [-0.4, -0.2) is 34.2 Å². The molecule has 6 nitrogen and oxygen atoms in total. The predicted molar refractivity (Wildman–Crippen MR) is 102 cm³/mol. The molecule has 0 saturated carbocycles. The molecule has 2 rings (SSSR count). The molecule has 6 heteroatoms. The number of carbonyl (C=O) groups excluding carboxylic acids is 1. The summed E-state index contributed by atoms with van der Waals surface area (Å²) < 4.78 is 7.49. The molecule has 0 aliphatic heterocycles. The van der Waals surface area contributed by atoms with Crippen LogP contribution in [0.1, 0.15) is 50.2 Å². The van der Waals surface area contributed by atoms with Crippen molar-refractivity contribution in [3.63, 3.8) is 0 Å². The van der Waals surface area contributed by atoms with Gasteiger partial charge in [0.25, 0.3) is 5.91 Å². The number of nitrogens with one attached hydrogen (secondary N) is 1. The van der Waals surface area contributed by atoms with Crippen LogP contribution in [0.2, 0.25) is 0 Å². The number of hydrogen-bond acceptors (Lipinski definition) is 3. The Morgan fingerprint density at radius 2 is 1.96 bits per heavy atom. The Bertz CT molecular complexity index is 808. The fourth-order valence-electron chi connectivity index (χ4n) is 3.30. The minimum atomic E-state index is -1.01. The van der Waals surface area contributed by atoms with Crippen LogP contribution in [0.5, 0.6) is 5.75 Å². The van der Waals surface area contributed by atoms with Gasteiger partial charge in [-0.05, 0) is 56.9 Å². The maximum atomic E-state index is 12.9. The number of fused-ring (bicyclic) bond motifs is 1. The van der Waals surface area contributed by atoms with Crippen molar-refractivity contribution in [1.82, 2.24) is 9.88 Å². The number of ether oxygens (including phenoxy) is 1. The summed E-state index contributed by atoms with van der Waals surface area (Å²) in [5.41, 5.74) is 2.27. The van der Waals surface area contributed by atoms with Gasteiger partial charge in [0, 0.05) is 17.4 Å². The largest absolute Gasteiger partial charge is 0.494 e. The number of carbonyl (C=O) groups is 2. The highest BCUT2D eigenvalue weighted by molar-refractivity contribution is 6.03. The normalized spacial score (nSPS) is 12.4. The maximum absolute atomic E-state index is 12.9. The number of aryl methyl sites for hydroxylation is 2. The number of hydrogen-bond donors (Lipinski definition) is 2. The van der Waals surface area contributed by atoms with E-state index in [1.165, 1.54) is 0 Å². The third-order valence-corrected chi connectivity index (χ3v) is 4.44. The van der Waals surface area contributed by atoms with Crippen LogP contribution >= 0.6 is 0 Å². The summed E-state index contributed by atoms with van der Waals surface area (Å²) in [4.78, 5) is 24.4. The molecule has 26 heavy (non-hydrogen) atoms. The van der Waals surface area contributed by atoms with Gasteiger partial charge in [-0.3, -0.25) is 4.79 Å². The van der Waals surface area contributed by atoms with Gasteiger partial charge < -0.3 is 19.7 Å². The van der Waals surface area contributed by atoms with Crippen molar-refractivity contribution in [2.75, 3.05) is 6.61 Å². The summed E-state index contributed by atoms with van der Waals surface area (Å²) >= 11 is 0. The van der Waals surface area contributed by atoms with Crippen molar-refractivity contribution in [2.45, 2.75) is 53.6 Å². The number of nitrogens with zero attached hydrogens (tertiary/aromatic N) is 1. The fourth-order valence-corrected chi connectivity index (χ4v) is 3.30. The minimum Gasteiger partial charge on any atom is -0.494 e. The van der Waals surface area contributed by atoms with Gasteiger partial charge in [-0.2, -0.15) is 0 Å². The number of benzene rings is 1. The highest BCUT2D eigenvalue weighted by Gasteiger charge is 2.26. The monoisotopic (exact) mass is 360 g/mol. The van der Waals surface area contributed by atoms with Crippen LogP contribution in [-0.2, 0) is 11.3 Å². The van der Waals surface area contributed by atoms with E-state index in [0.717, 1.165) is 22.2 Å². The van der Waals surface area contributed by atoms with Crippen molar-refractivity contribution in [3.05, 3.63) is 29.5 Å². The van der Waals surface area contributed by atoms with E-state index in [1.807, 2.05) is 57.4 Å². The minimum absolute atomic E-state index is 0.170. The Labute approximate surface area is 154 Å². The lowest BCUT2D eigenvalue weighted by Gasteiger charge is -2.17. The van der Waals surface area contributed by atoms with Crippen LogP contribution in [0, 0.1) is 12.8 Å². The van der Waals surface area contributed by atoms with Gasteiger partial charge in [0.1, 0.15) is 17.5 Å². The summed E-state index contributed by atoms with van der Waals surface area (Å²) in [6.45, 7) is 10.8. The van der Waals surface area contributed by atoms with Crippen LogP contribution in [0.4, 0.5) is 0 Å². The van der Waals surface area contributed by atoms with Crippen molar-refractivity contribution < 1.29 is 19.4 Å². The summed E-state index contributed by atoms with van der Waals surface area (Å²) in [6.07, 6.45) is 0.390. The van der Waals surface area contributed by atoms with Gasteiger partial charge in [-0.15, -0.1) is 0 Å². The molecule has 0 saturated heterocycles. The first-order valence-corrected chi connectivity index (χ1v) is 9.09. The zero-order chi connectivity index (χ0) is 19.4. The number of carboxylic acids is 1. The average Bonchev–Trinajstić information content (AvgIpc) is 2.86. The molecule has 2 aromatic rings. The molecule has 0 aliphatic rings. The third-order valence-electron chi connectivity index (χ3n) is 4.44. The molecule has 0 fully saturated rings. The highest BCUT2D eigenvalue weighted by Crippen LogP contribution is 2.29. The third kappa shape index (κ3) is 4.00. The van der Waals surface area contributed by atoms with Gasteiger partial charge in [-0.1, -0.05) is 13.8 Å². The van der Waals surface area contributed by atoms with Crippen molar-refractivity contribution in [2.24, 2.45) is 5.92 Å². The summed E-state index contributed by atoms with van der Waals surface area (Å²) in [7, 11) is 0. The van der Waals surface area contributed by atoms with E-state index in [4.69, 9.17) is 4.74 Å². The second-order valence-corrected chi connectivity index (χ2v) is 6.82. The molecule has 1 heterocycles. The number of carboxylic acid groups (broad SMARTS) is 1. The Morgan fingerprint density at radius 3 is 2.50 bits per heavy atom. The van der Waals surface area contributed by atoms with Crippen LogP contribution in [0.25, 0.3) is 10.9 Å². The van der Waals surface area contributed by atoms with E-state index in [9.17, 15) is 14.7 Å². The maximum Gasteiger partial charge on any atom is 0.326 e. The molecule has 0 bridgehead atoms. The Balaban J connectivity index is 2.45.